The zero-order valence-corrected chi connectivity index (χ0v) is 7.26. The second-order valence-corrected chi connectivity index (χ2v) is 2.71. The fourth-order valence-corrected chi connectivity index (χ4v) is 0.322. The summed E-state index contributed by atoms with van der Waals surface area (Å²) in [4.78, 5) is 9.60. The van der Waals surface area contributed by atoms with E-state index in [9.17, 15) is 4.79 Å². The molecule has 2 atom stereocenters. The maximum atomic E-state index is 9.60. The molecule has 1 aliphatic rings. The van der Waals surface area contributed by atoms with E-state index in [1.165, 1.54) is 6.92 Å². The molecule has 0 radical (unpaired) electrons. The Morgan fingerprint density at radius 1 is 1.73 bits per heavy atom. The van der Waals surface area contributed by atoms with Crippen molar-refractivity contribution in [3.05, 3.63) is 12.2 Å². The van der Waals surface area contributed by atoms with E-state index in [1.807, 2.05) is 6.92 Å². The Morgan fingerprint density at radius 2 is 1.91 bits per heavy atom. The van der Waals surface area contributed by atoms with Gasteiger partial charge in [0.15, 0.2) is 5.56 Å². The van der Waals surface area contributed by atoms with E-state index in [0.29, 0.717) is 6.10 Å². The highest BCUT2D eigenvalue weighted by Crippen LogP contribution is 2.23. The number of epoxide rings is 1. The SMILES string of the molecule is C=C(C)C(=O)O.CC1OC1Cl. The first-order valence-electron chi connectivity index (χ1n) is 3.13. The number of carbonyl (C=O) groups is 1. The van der Waals surface area contributed by atoms with Crippen LogP contribution in [0.5, 0.6) is 0 Å². The molecule has 3 nitrogen and oxygen atoms in total. The van der Waals surface area contributed by atoms with E-state index in [4.69, 9.17) is 16.7 Å². The Labute approximate surface area is 70.6 Å². The van der Waals surface area contributed by atoms with E-state index in [0.717, 1.165) is 0 Å². The van der Waals surface area contributed by atoms with Crippen molar-refractivity contribution < 1.29 is 14.6 Å². The van der Waals surface area contributed by atoms with Crippen LogP contribution in [-0.2, 0) is 9.53 Å². The molecule has 0 aromatic heterocycles. The third-order valence-corrected chi connectivity index (χ3v) is 1.46. The normalized spacial score (nSPS) is 26.5. The molecule has 0 saturated carbocycles. The smallest absolute Gasteiger partial charge is 0.330 e. The van der Waals surface area contributed by atoms with Crippen LogP contribution in [0, 0.1) is 0 Å². The van der Waals surface area contributed by atoms with Gasteiger partial charge in [0.2, 0.25) is 0 Å². The number of alkyl halides is 1. The minimum atomic E-state index is -0.935. The number of rotatable bonds is 1. The highest BCUT2D eigenvalue weighted by Gasteiger charge is 2.30. The van der Waals surface area contributed by atoms with Gasteiger partial charge in [0, 0.05) is 5.57 Å². The summed E-state index contributed by atoms with van der Waals surface area (Å²) in [6, 6.07) is 0. The van der Waals surface area contributed by atoms with Crippen molar-refractivity contribution in [1.29, 1.82) is 0 Å². The predicted octanol–water partition coefficient (Wildman–Crippen LogP) is 1.62. The number of hydrogen-bond acceptors (Lipinski definition) is 2. The topological polar surface area (TPSA) is 49.8 Å². The molecule has 2 unspecified atom stereocenters. The molecule has 4 heteroatoms. The lowest BCUT2D eigenvalue weighted by Crippen LogP contribution is -1.92. The summed E-state index contributed by atoms with van der Waals surface area (Å²) in [5.74, 6) is -0.935. The maximum absolute atomic E-state index is 9.60. The average molecular weight is 179 g/mol. The van der Waals surface area contributed by atoms with Crippen molar-refractivity contribution >= 4 is 17.6 Å². The molecule has 11 heavy (non-hydrogen) atoms. The van der Waals surface area contributed by atoms with Crippen molar-refractivity contribution in [2.45, 2.75) is 25.5 Å². The largest absolute Gasteiger partial charge is 0.478 e. The van der Waals surface area contributed by atoms with Gasteiger partial charge < -0.3 is 9.84 Å². The zero-order chi connectivity index (χ0) is 9.02. The van der Waals surface area contributed by atoms with Gasteiger partial charge in [-0.1, -0.05) is 18.2 Å². The van der Waals surface area contributed by atoms with Crippen LogP contribution in [-0.4, -0.2) is 22.7 Å². The number of aliphatic carboxylic acids is 1. The van der Waals surface area contributed by atoms with Crippen molar-refractivity contribution in [2.75, 3.05) is 0 Å². The molecule has 0 spiro atoms. The highest BCUT2D eigenvalue weighted by atomic mass is 35.5. The molecule has 1 heterocycles. The monoisotopic (exact) mass is 178 g/mol. The average Bonchev–Trinajstić information content (AvgIpc) is 2.46. The van der Waals surface area contributed by atoms with Gasteiger partial charge in [-0.25, -0.2) is 4.79 Å². The van der Waals surface area contributed by atoms with Crippen LogP contribution in [0.25, 0.3) is 0 Å². The Morgan fingerprint density at radius 3 is 1.91 bits per heavy atom. The summed E-state index contributed by atoms with van der Waals surface area (Å²) in [6.07, 6.45) is 0.316. The Kier molecular flexibility index (Phi) is 4.15. The van der Waals surface area contributed by atoms with E-state index >= 15 is 0 Å². The molecule has 0 bridgehead atoms. The van der Waals surface area contributed by atoms with Crippen LogP contribution < -0.4 is 0 Å². The van der Waals surface area contributed by atoms with Crippen LogP contribution in [0.1, 0.15) is 13.8 Å². The maximum Gasteiger partial charge on any atom is 0.330 e. The summed E-state index contributed by atoms with van der Waals surface area (Å²) in [6.45, 7) is 6.54. The summed E-state index contributed by atoms with van der Waals surface area (Å²) in [5, 5.41) is 7.89. The number of hydrogen-bond donors (Lipinski definition) is 1. The number of halogens is 1. The van der Waals surface area contributed by atoms with Crippen molar-refractivity contribution in [2.24, 2.45) is 0 Å². The van der Waals surface area contributed by atoms with Crippen LogP contribution in [0.4, 0.5) is 0 Å². The number of carboxylic acid groups (broad SMARTS) is 1. The lowest BCUT2D eigenvalue weighted by molar-refractivity contribution is -0.132. The van der Waals surface area contributed by atoms with Crippen LogP contribution in [0.15, 0.2) is 12.2 Å². The Bertz CT molecular complexity index is 149. The molecule has 1 fully saturated rings. The first-order valence-corrected chi connectivity index (χ1v) is 3.57. The second-order valence-electron chi connectivity index (χ2n) is 2.28. The van der Waals surface area contributed by atoms with Gasteiger partial charge in [-0.05, 0) is 13.8 Å². The van der Waals surface area contributed by atoms with E-state index < -0.39 is 5.97 Å². The standard InChI is InChI=1S/C4H6O2.C3H5ClO/c1-3(2)4(5)6;1-2-3(4)5-2/h1H2,2H3,(H,5,6);2-3H,1H3. The molecule has 0 aromatic carbocycles. The minimum absolute atomic E-state index is 0.0231. The predicted molar refractivity (Wildman–Crippen MR) is 42.6 cm³/mol. The summed E-state index contributed by atoms with van der Waals surface area (Å²) in [5.41, 5.74) is 0.199. The second kappa shape index (κ2) is 4.36. The van der Waals surface area contributed by atoms with Crippen LogP contribution in [0.3, 0.4) is 0 Å². The van der Waals surface area contributed by atoms with Gasteiger partial charge in [-0.2, -0.15) is 0 Å². The first kappa shape index (κ1) is 10.5. The van der Waals surface area contributed by atoms with E-state index in [-0.39, 0.29) is 11.1 Å². The summed E-state index contributed by atoms with van der Waals surface area (Å²) >= 11 is 5.31. The molecule has 0 amide bonds. The van der Waals surface area contributed by atoms with Crippen molar-refractivity contribution in [3.63, 3.8) is 0 Å². The lowest BCUT2D eigenvalue weighted by Gasteiger charge is -1.79. The number of carboxylic acids is 1. The van der Waals surface area contributed by atoms with Gasteiger partial charge in [-0.15, -0.1) is 0 Å². The third kappa shape index (κ3) is 5.88. The van der Waals surface area contributed by atoms with E-state index in [2.05, 4.69) is 11.3 Å². The Balaban J connectivity index is 0.000000183. The molecule has 0 aromatic rings. The van der Waals surface area contributed by atoms with Crippen molar-refractivity contribution in [3.8, 4) is 0 Å². The lowest BCUT2D eigenvalue weighted by atomic mass is 10.4. The highest BCUT2D eigenvalue weighted by molar-refractivity contribution is 6.21. The quantitative estimate of drug-likeness (QED) is 0.377. The molecule has 1 saturated heterocycles. The minimum Gasteiger partial charge on any atom is -0.478 e. The number of ether oxygens (including phenoxy) is 1. The van der Waals surface area contributed by atoms with Crippen molar-refractivity contribution in [1.82, 2.24) is 0 Å². The third-order valence-electron chi connectivity index (χ3n) is 1.00. The molecule has 1 aliphatic heterocycles. The molecular weight excluding hydrogens is 168 g/mol. The Hall–Kier alpha value is -0.540. The fraction of sp³-hybridized carbons (Fsp3) is 0.571. The molecule has 1 rings (SSSR count). The van der Waals surface area contributed by atoms with Gasteiger partial charge in [0.25, 0.3) is 0 Å². The molecule has 64 valence electrons. The van der Waals surface area contributed by atoms with Gasteiger partial charge >= 0.3 is 5.97 Å². The van der Waals surface area contributed by atoms with Gasteiger partial charge in [0.1, 0.15) is 0 Å². The van der Waals surface area contributed by atoms with Gasteiger partial charge in [0.05, 0.1) is 6.10 Å². The van der Waals surface area contributed by atoms with Crippen LogP contribution >= 0.6 is 11.6 Å². The fourth-order valence-electron chi connectivity index (χ4n) is 0.160. The first-order chi connectivity index (χ1) is 4.95. The summed E-state index contributed by atoms with van der Waals surface area (Å²) < 4.78 is 4.68. The summed E-state index contributed by atoms with van der Waals surface area (Å²) in [7, 11) is 0. The van der Waals surface area contributed by atoms with Gasteiger partial charge in [-0.3, -0.25) is 0 Å². The van der Waals surface area contributed by atoms with E-state index in [1.54, 1.807) is 0 Å². The van der Waals surface area contributed by atoms with Crippen LogP contribution in [0.2, 0.25) is 0 Å². The zero-order valence-electron chi connectivity index (χ0n) is 6.50. The molecule has 1 N–H and O–H groups in total. The molecular formula is C7H11ClO3. The molecule has 0 aliphatic carbocycles.